The smallest absolute Gasteiger partial charge is 0.153 e. The van der Waals surface area contributed by atoms with Crippen molar-refractivity contribution in [3.63, 3.8) is 0 Å². The van der Waals surface area contributed by atoms with Gasteiger partial charge in [0.15, 0.2) is 9.84 Å². The normalized spacial score (nSPS) is 12.0. The fraction of sp³-hybridized carbons (Fsp3) is 0.500. The highest BCUT2D eigenvalue weighted by atomic mass is 32.2. The van der Waals surface area contributed by atoms with Crippen LogP contribution in [0.15, 0.2) is 23.1 Å². The van der Waals surface area contributed by atoms with Crippen molar-refractivity contribution in [2.24, 2.45) is 0 Å². The molecule has 0 aliphatic carbocycles. The molecule has 0 unspecified atom stereocenters. The summed E-state index contributed by atoms with van der Waals surface area (Å²) in [6.07, 6.45) is 0. The molecule has 5 heteroatoms. The lowest BCUT2D eigenvalue weighted by Crippen LogP contribution is -2.19. The van der Waals surface area contributed by atoms with Crippen LogP contribution in [0, 0.1) is 6.92 Å². The van der Waals surface area contributed by atoms with Crippen LogP contribution in [0.2, 0.25) is 0 Å². The minimum atomic E-state index is -2.95. The topological polar surface area (TPSA) is 60.2 Å². The van der Waals surface area contributed by atoms with E-state index in [0.29, 0.717) is 11.4 Å². The molecule has 0 spiro atoms. The van der Waals surface area contributed by atoms with E-state index in [-0.39, 0.29) is 11.0 Å². The maximum absolute atomic E-state index is 11.6. The van der Waals surface area contributed by atoms with Crippen molar-refractivity contribution in [3.05, 3.63) is 23.8 Å². The van der Waals surface area contributed by atoms with E-state index in [1.165, 1.54) is 11.8 Å². The zero-order chi connectivity index (χ0) is 13.1. The Bertz CT molecular complexity index is 481. The predicted molar refractivity (Wildman–Crippen MR) is 75.2 cm³/mol. The highest BCUT2D eigenvalue weighted by Crippen LogP contribution is 2.26. The third-order valence-electron chi connectivity index (χ3n) is 2.51. The van der Waals surface area contributed by atoms with E-state index in [2.05, 4.69) is 0 Å². The molecule has 96 valence electrons. The third-order valence-corrected chi connectivity index (χ3v) is 6.05. The molecule has 0 fully saturated rings. The molecule has 17 heavy (non-hydrogen) atoms. The number of hydrogen-bond donors (Lipinski definition) is 1. The Labute approximate surface area is 108 Å². The predicted octanol–water partition coefficient (Wildman–Crippen LogP) is 2.49. The Kier molecular flexibility index (Phi) is 4.89. The second-order valence-electron chi connectivity index (χ2n) is 4.31. The Balaban J connectivity index is 2.60. The molecule has 0 bridgehead atoms. The van der Waals surface area contributed by atoms with Gasteiger partial charge in [0.05, 0.1) is 11.0 Å². The lowest BCUT2D eigenvalue weighted by molar-refractivity contribution is 0.589. The fourth-order valence-electron chi connectivity index (χ4n) is 1.27. The van der Waals surface area contributed by atoms with Crippen LogP contribution in [0.1, 0.15) is 19.4 Å². The van der Waals surface area contributed by atoms with Gasteiger partial charge in [-0.1, -0.05) is 6.07 Å². The molecule has 0 aliphatic heterocycles. The van der Waals surface area contributed by atoms with E-state index in [1.54, 1.807) is 13.8 Å². The van der Waals surface area contributed by atoms with Gasteiger partial charge in [-0.05, 0) is 38.5 Å². The second kappa shape index (κ2) is 5.78. The Hall–Kier alpha value is -0.680. The molecule has 0 amide bonds. The Morgan fingerprint density at radius 2 is 2.00 bits per heavy atom. The molecule has 1 rings (SSSR count). The minimum Gasteiger partial charge on any atom is -0.398 e. The first-order valence-electron chi connectivity index (χ1n) is 5.53. The van der Waals surface area contributed by atoms with Crippen molar-refractivity contribution in [2.45, 2.75) is 30.9 Å². The molecule has 0 saturated heterocycles. The molecule has 1 aromatic rings. The summed E-state index contributed by atoms with van der Waals surface area (Å²) in [5.74, 6) is 0.747. The molecular weight excluding hydrogens is 254 g/mol. The van der Waals surface area contributed by atoms with Crippen LogP contribution < -0.4 is 5.73 Å². The molecule has 0 heterocycles. The first-order chi connectivity index (χ1) is 7.83. The SMILES string of the molecule is Cc1ccc(N)c(SCCS(=O)(=O)C(C)C)c1. The molecule has 3 nitrogen and oxygen atoms in total. The van der Waals surface area contributed by atoms with Gasteiger partial charge in [0.2, 0.25) is 0 Å². The number of aryl methyl sites for hydroxylation is 1. The first kappa shape index (κ1) is 14.4. The molecular formula is C12H19NO2S2. The summed E-state index contributed by atoms with van der Waals surface area (Å²) in [5, 5.41) is -0.307. The number of hydrogen-bond acceptors (Lipinski definition) is 4. The van der Waals surface area contributed by atoms with E-state index in [9.17, 15) is 8.42 Å². The van der Waals surface area contributed by atoms with Crippen molar-refractivity contribution >= 4 is 27.3 Å². The van der Waals surface area contributed by atoms with Crippen molar-refractivity contribution < 1.29 is 8.42 Å². The number of sulfone groups is 1. The summed E-state index contributed by atoms with van der Waals surface area (Å²) in [4.78, 5) is 0.962. The van der Waals surface area contributed by atoms with Crippen LogP contribution in [-0.2, 0) is 9.84 Å². The summed E-state index contributed by atoms with van der Waals surface area (Å²) in [6, 6.07) is 5.79. The van der Waals surface area contributed by atoms with Gasteiger partial charge in [-0.2, -0.15) is 0 Å². The molecule has 2 N–H and O–H groups in total. The van der Waals surface area contributed by atoms with Crippen LogP contribution >= 0.6 is 11.8 Å². The summed E-state index contributed by atoms with van der Waals surface area (Å²) >= 11 is 1.50. The quantitative estimate of drug-likeness (QED) is 0.661. The lowest BCUT2D eigenvalue weighted by atomic mass is 10.2. The molecule has 0 aromatic heterocycles. The van der Waals surface area contributed by atoms with Gasteiger partial charge >= 0.3 is 0 Å². The maximum atomic E-state index is 11.6. The molecule has 0 radical (unpaired) electrons. The summed E-state index contributed by atoms with van der Waals surface area (Å²) < 4.78 is 23.3. The van der Waals surface area contributed by atoms with Crippen molar-refractivity contribution in [3.8, 4) is 0 Å². The zero-order valence-corrected chi connectivity index (χ0v) is 12.1. The average Bonchev–Trinajstić information content (AvgIpc) is 2.22. The van der Waals surface area contributed by atoms with Crippen molar-refractivity contribution in [1.82, 2.24) is 0 Å². The average molecular weight is 273 g/mol. The minimum absolute atomic E-state index is 0.197. The molecule has 0 aliphatic rings. The summed E-state index contributed by atoms with van der Waals surface area (Å²) in [6.45, 7) is 5.41. The number of thioether (sulfide) groups is 1. The monoisotopic (exact) mass is 273 g/mol. The van der Waals surface area contributed by atoms with Gasteiger partial charge in [-0.25, -0.2) is 8.42 Å². The van der Waals surface area contributed by atoms with Crippen molar-refractivity contribution in [1.29, 1.82) is 0 Å². The highest BCUT2D eigenvalue weighted by molar-refractivity contribution is 8.01. The van der Waals surface area contributed by atoms with Crippen LogP contribution in [0.3, 0.4) is 0 Å². The van der Waals surface area contributed by atoms with Gasteiger partial charge in [-0.15, -0.1) is 11.8 Å². The first-order valence-corrected chi connectivity index (χ1v) is 8.23. The van der Waals surface area contributed by atoms with Gasteiger partial charge < -0.3 is 5.73 Å². The van der Waals surface area contributed by atoms with Crippen LogP contribution in [-0.4, -0.2) is 25.2 Å². The van der Waals surface area contributed by atoms with E-state index in [4.69, 9.17) is 5.73 Å². The van der Waals surface area contributed by atoms with E-state index in [0.717, 1.165) is 10.5 Å². The van der Waals surface area contributed by atoms with Gasteiger partial charge in [0.25, 0.3) is 0 Å². The number of benzene rings is 1. The lowest BCUT2D eigenvalue weighted by Gasteiger charge is -2.09. The van der Waals surface area contributed by atoms with Crippen LogP contribution in [0.25, 0.3) is 0 Å². The second-order valence-corrected chi connectivity index (χ2v) is 8.12. The number of nitrogen functional groups attached to an aromatic ring is 1. The van der Waals surface area contributed by atoms with Crippen LogP contribution in [0.5, 0.6) is 0 Å². The molecule has 1 aromatic carbocycles. The Morgan fingerprint density at radius 3 is 2.59 bits per heavy atom. The van der Waals surface area contributed by atoms with Crippen LogP contribution in [0.4, 0.5) is 5.69 Å². The highest BCUT2D eigenvalue weighted by Gasteiger charge is 2.15. The number of nitrogens with two attached hydrogens (primary N) is 1. The number of rotatable bonds is 5. The fourth-order valence-corrected chi connectivity index (χ4v) is 3.73. The largest absolute Gasteiger partial charge is 0.398 e. The molecule has 0 atom stereocenters. The van der Waals surface area contributed by atoms with Crippen molar-refractivity contribution in [2.75, 3.05) is 17.2 Å². The van der Waals surface area contributed by atoms with Gasteiger partial charge in [-0.3, -0.25) is 0 Å². The summed E-state index contributed by atoms with van der Waals surface area (Å²) in [5.41, 5.74) is 7.67. The van der Waals surface area contributed by atoms with E-state index in [1.807, 2.05) is 25.1 Å². The van der Waals surface area contributed by atoms with Gasteiger partial charge in [0.1, 0.15) is 0 Å². The van der Waals surface area contributed by atoms with E-state index >= 15 is 0 Å². The Morgan fingerprint density at radius 1 is 1.35 bits per heavy atom. The number of anilines is 1. The van der Waals surface area contributed by atoms with Gasteiger partial charge in [0, 0.05) is 16.3 Å². The van der Waals surface area contributed by atoms with E-state index < -0.39 is 9.84 Å². The molecule has 0 saturated carbocycles. The standard InChI is InChI=1S/C12H19NO2S2/c1-9(2)17(14,15)7-6-16-12-8-10(3)4-5-11(12)13/h4-5,8-9H,6-7,13H2,1-3H3. The summed E-state index contributed by atoms with van der Waals surface area (Å²) in [7, 11) is -2.95. The zero-order valence-electron chi connectivity index (χ0n) is 10.4. The third kappa shape index (κ3) is 4.24. The maximum Gasteiger partial charge on any atom is 0.153 e.